The molecule has 2 N–H and O–H groups in total. The highest BCUT2D eigenvalue weighted by molar-refractivity contribution is 6.25. The van der Waals surface area contributed by atoms with Crippen LogP contribution in [0.25, 0.3) is 0 Å². The first kappa shape index (κ1) is 21.0. The number of allylic oxidation sites excluding steroid dienone is 3. The number of hydrogen-bond acceptors (Lipinski definition) is 7. The molecule has 0 radical (unpaired) electrons. The van der Waals surface area contributed by atoms with E-state index >= 15 is 0 Å². The van der Waals surface area contributed by atoms with Gasteiger partial charge in [0.2, 0.25) is 0 Å². The van der Waals surface area contributed by atoms with Crippen molar-refractivity contribution in [3.8, 4) is 0 Å². The van der Waals surface area contributed by atoms with Gasteiger partial charge in [-0.3, -0.25) is 14.4 Å². The molecule has 0 saturated carbocycles. The number of amides is 1. The molecule has 7 unspecified atom stereocenters. The van der Waals surface area contributed by atoms with Gasteiger partial charge in [0.05, 0.1) is 12.6 Å². The van der Waals surface area contributed by atoms with Crippen LogP contribution in [-0.2, 0) is 28.6 Å². The van der Waals surface area contributed by atoms with Gasteiger partial charge < -0.3 is 24.6 Å². The molecule has 0 aromatic rings. The Morgan fingerprint density at radius 1 is 1.20 bits per heavy atom. The second-order valence-electron chi connectivity index (χ2n) is 8.90. The standard InChI is InChI=1S/C22H27NO7/c1-10(6-7-13(24)15-14(25)9-23-20(15)27)8-11(2)17-12(3)18-16(26)19-21(4,30-19)22(5,28-17)29-18/h6-8,11-12,17-19,24H,9H2,1-5H3,(H,23,27)/b7-6?,10-8?,15-13+. The summed E-state index contributed by atoms with van der Waals surface area (Å²) in [7, 11) is 0. The van der Waals surface area contributed by atoms with Gasteiger partial charge in [0.1, 0.15) is 17.4 Å². The first-order chi connectivity index (χ1) is 14.0. The van der Waals surface area contributed by atoms with Crippen molar-refractivity contribution < 1.29 is 33.7 Å². The molecule has 2 bridgehead atoms. The Kier molecular flexibility index (Phi) is 4.80. The lowest BCUT2D eigenvalue weighted by Crippen LogP contribution is -2.66. The third-order valence-corrected chi connectivity index (χ3v) is 6.67. The minimum absolute atomic E-state index is 0.0281. The SMILES string of the molecule is CC(C=C/C(O)=C1/C(=O)CNC1=O)=CC(C)C1OC2(C)OC(C(=O)C3OC32C)C1C. The van der Waals surface area contributed by atoms with E-state index < -0.39 is 35.3 Å². The van der Waals surface area contributed by atoms with Crippen molar-refractivity contribution in [2.45, 2.75) is 64.3 Å². The van der Waals surface area contributed by atoms with Gasteiger partial charge in [-0.15, -0.1) is 0 Å². The molecule has 4 aliphatic heterocycles. The first-order valence-corrected chi connectivity index (χ1v) is 10.2. The number of nitrogens with one attached hydrogen (secondary N) is 1. The van der Waals surface area contributed by atoms with Crippen molar-refractivity contribution in [1.29, 1.82) is 0 Å². The lowest BCUT2D eigenvalue weighted by molar-refractivity contribution is -0.350. The van der Waals surface area contributed by atoms with Crippen LogP contribution in [0.15, 0.2) is 35.1 Å². The first-order valence-electron chi connectivity index (χ1n) is 10.2. The Bertz CT molecular complexity index is 900. The summed E-state index contributed by atoms with van der Waals surface area (Å²) in [5.74, 6) is -2.59. The summed E-state index contributed by atoms with van der Waals surface area (Å²) in [5, 5.41) is 12.5. The number of epoxide rings is 1. The lowest BCUT2D eigenvalue weighted by atomic mass is 9.78. The van der Waals surface area contributed by atoms with Crippen LogP contribution >= 0.6 is 0 Å². The number of ketones is 2. The van der Waals surface area contributed by atoms with Crippen LogP contribution < -0.4 is 5.32 Å². The molecule has 4 heterocycles. The predicted molar refractivity (Wildman–Crippen MR) is 105 cm³/mol. The minimum Gasteiger partial charge on any atom is -0.507 e. The smallest absolute Gasteiger partial charge is 0.259 e. The highest BCUT2D eigenvalue weighted by Gasteiger charge is 2.76. The second kappa shape index (κ2) is 6.87. The van der Waals surface area contributed by atoms with Gasteiger partial charge in [-0.2, -0.15) is 0 Å². The van der Waals surface area contributed by atoms with Crippen LogP contribution in [-0.4, -0.2) is 58.8 Å². The highest BCUT2D eigenvalue weighted by Crippen LogP contribution is 2.57. The zero-order valence-corrected chi connectivity index (χ0v) is 17.7. The van der Waals surface area contributed by atoms with Crippen LogP contribution in [0.2, 0.25) is 0 Å². The van der Waals surface area contributed by atoms with E-state index in [0.29, 0.717) is 0 Å². The van der Waals surface area contributed by atoms with Crippen molar-refractivity contribution in [3.05, 3.63) is 35.1 Å². The van der Waals surface area contributed by atoms with Gasteiger partial charge in [-0.25, -0.2) is 0 Å². The predicted octanol–water partition coefficient (Wildman–Crippen LogP) is 1.51. The molecule has 7 atom stereocenters. The third-order valence-electron chi connectivity index (χ3n) is 6.67. The van der Waals surface area contributed by atoms with E-state index in [0.717, 1.165) is 5.57 Å². The lowest BCUT2D eigenvalue weighted by Gasteiger charge is -2.51. The number of aliphatic hydroxyl groups is 1. The Hall–Kier alpha value is -2.29. The number of aliphatic hydroxyl groups excluding tert-OH is 1. The van der Waals surface area contributed by atoms with Gasteiger partial charge in [0.15, 0.2) is 29.1 Å². The molecule has 8 nitrogen and oxygen atoms in total. The largest absolute Gasteiger partial charge is 0.507 e. The number of rotatable bonds is 4. The molecule has 0 aliphatic carbocycles. The van der Waals surface area contributed by atoms with E-state index in [4.69, 9.17) is 14.2 Å². The fourth-order valence-corrected chi connectivity index (χ4v) is 4.67. The molecule has 4 saturated heterocycles. The molecular weight excluding hydrogens is 390 g/mol. The third kappa shape index (κ3) is 3.05. The molecule has 1 amide bonds. The Morgan fingerprint density at radius 2 is 1.90 bits per heavy atom. The number of carbonyl (C=O) groups is 3. The van der Waals surface area contributed by atoms with Crippen molar-refractivity contribution >= 4 is 17.5 Å². The van der Waals surface area contributed by atoms with E-state index in [1.54, 1.807) is 6.08 Å². The van der Waals surface area contributed by atoms with Crippen LogP contribution in [0.5, 0.6) is 0 Å². The van der Waals surface area contributed by atoms with Crippen LogP contribution in [0.4, 0.5) is 0 Å². The van der Waals surface area contributed by atoms with E-state index in [1.165, 1.54) is 6.08 Å². The quantitative estimate of drug-likeness (QED) is 0.234. The second-order valence-corrected chi connectivity index (χ2v) is 8.90. The van der Waals surface area contributed by atoms with E-state index in [1.807, 2.05) is 40.7 Å². The molecule has 4 rings (SSSR count). The van der Waals surface area contributed by atoms with E-state index in [9.17, 15) is 19.5 Å². The fourth-order valence-electron chi connectivity index (χ4n) is 4.67. The summed E-state index contributed by atoms with van der Waals surface area (Å²) in [6, 6.07) is 0. The zero-order chi connectivity index (χ0) is 22.0. The van der Waals surface area contributed by atoms with Gasteiger partial charge in [-0.1, -0.05) is 31.6 Å². The molecule has 4 aliphatic rings. The monoisotopic (exact) mass is 417 g/mol. The Labute approximate surface area is 174 Å². The molecule has 8 heteroatoms. The molecule has 4 fully saturated rings. The summed E-state index contributed by atoms with van der Waals surface area (Å²) in [6.45, 7) is 9.34. The van der Waals surface area contributed by atoms with Crippen molar-refractivity contribution in [3.63, 3.8) is 0 Å². The van der Waals surface area contributed by atoms with Gasteiger partial charge in [-0.05, 0) is 26.8 Å². The summed E-state index contributed by atoms with van der Waals surface area (Å²) >= 11 is 0. The van der Waals surface area contributed by atoms with Crippen molar-refractivity contribution in [2.24, 2.45) is 11.8 Å². The number of Topliss-reactive ketones (excluding diaryl/α,β-unsaturated/α-hetero) is 2. The highest BCUT2D eigenvalue weighted by atomic mass is 16.8. The summed E-state index contributed by atoms with van der Waals surface area (Å²) in [6.07, 6.45) is 3.64. The maximum absolute atomic E-state index is 12.7. The van der Waals surface area contributed by atoms with Crippen LogP contribution in [0.3, 0.4) is 0 Å². The molecular formula is C22H27NO7. The molecule has 0 aromatic heterocycles. The van der Waals surface area contributed by atoms with Crippen molar-refractivity contribution in [2.75, 3.05) is 6.54 Å². The number of hydrogen-bond donors (Lipinski definition) is 2. The summed E-state index contributed by atoms with van der Waals surface area (Å²) < 4.78 is 18.0. The average molecular weight is 417 g/mol. The maximum atomic E-state index is 12.7. The number of ether oxygens (including phenoxy) is 3. The summed E-state index contributed by atoms with van der Waals surface area (Å²) in [5.41, 5.74) is -0.167. The van der Waals surface area contributed by atoms with Crippen LogP contribution in [0, 0.1) is 11.8 Å². The minimum atomic E-state index is -0.988. The molecule has 0 aromatic carbocycles. The Morgan fingerprint density at radius 3 is 2.53 bits per heavy atom. The molecule has 162 valence electrons. The summed E-state index contributed by atoms with van der Waals surface area (Å²) in [4.78, 5) is 36.0. The van der Waals surface area contributed by atoms with E-state index in [-0.39, 0.29) is 41.6 Å². The molecule has 0 spiro atoms. The van der Waals surface area contributed by atoms with Gasteiger partial charge in [0, 0.05) is 11.8 Å². The topological polar surface area (TPSA) is 114 Å². The van der Waals surface area contributed by atoms with Gasteiger partial charge >= 0.3 is 0 Å². The zero-order valence-electron chi connectivity index (χ0n) is 17.7. The average Bonchev–Trinajstić information content (AvgIpc) is 3.29. The maximum Gasteiger partial charge on any atom is 0.259 e. The van der Waals surface area contributed by atoms with Crippen molar-refractivity contribution in [1.82, 2.24) is 5.32 Å². The number of carbonyl (C=O) groups excluding carboxylic acids is 3. The fraction of sp³-hybridized carbons (Fsp3) is 0.591. The van der Waals surface area contributed by atoms with E-state index in [2.05, 4.69) is 5.32 Å². The number of fused-ring (bicyclic) bond motifs is 4. The molecule has 30 heavy (non-hydrogen) atoms. The van der Waals surface area contributed by atoms with Crippen LogP contribution in [0.1, 0.15) is 34.6 Å². The normalized spacial score (nSPS) is 43.5. The Balaban J connectivity index is 1.51. The van der Waals surface area contributed by atoms with Gasteiger partial charge in [0.25, 0.3) is 5.91 Å².